The predicted molar refractivity (Wildman–Crippen MR) is 103 cm³/mol. The number of hydrogen-bond donors (Lipinski definition) is 2. The summed E-state index contributed by atoms with van der Waals surface area (Å²) in [6.07, 6.45) is 5.16. The van der Waals surface area contributed by atoms with Gasteiger partial charge in [-0.05, 0) is 49.9 Å². The van der Waals surface area contributed by atoms with Gasteiger partial charge in [0.15, 0.2) is 5.96 Å². The number of rotatable bonds is 8. The third-order valence-electron chi connectivity index (χ3n) is 4.60. The van der Waals surface area contributed by atoms with Crippen molar-refractivity contribution in [2.75, 3.05) is 53.5 Å². The molecule has 0 aromatic carbocycles. The maximum atomic E-state index is 5.80. The van der Waals surface area contributed by atoms with Crippen LogP contribution in [0.25, 0.3) is 0 Å². The molecule has 140 valence electrons. The Morgan fingerprint density at radius 2 is 2.16 bits per heavy atom. The summed E-state index contributed by atoms with van der Waals surface area (Å²) in [4.78, 5) is 10.9. The van der Waals surface area contributed by atoms with Crippen molar-refractivity contribution in [3.63, 3.8) is 0 Å². The van der Waals surface area contributed by atoms with Gasteiger partial charge >= 0.3 is 0 Å². The first-order chi connectivity index (χ1) is 12.2. The number of hydrogen-bond acceptors (Lipinski definition) is 4. The average molecular weight is 368 g/mol. The van der Waals surface area contributed by atoms with Crippen LogP contribution in [-0.2, 0) is 11.2 Å². The topological polar surface area (TPSA) is 61.8 Å². The lowest BCUT2D eigenvalue weighted by atomic mass is 9.97. The predicted octanol–water partition coefficient (Wildman–Crippen LogP) is 1.80. The molecule has 2 heterocycles. The first kappa shape index (κ1) is 19.9. The molecule has 0 aliphatic carbocycles. The summed E-state index contributed by atoms with van der Waals surface area (Å²) in [5.41, 5.74) is 1.16. The number of aliphatic imine (C=N–C) groups is 1. The Kier molecular flexibility index (Phi) is 9.00. The Hall–Kier alpha value is -1.37. The third-order valence-corrected chi connectivity index (χ3v) is 4.82. The second-order valence-corrected chi connectivity index (χ2v) is 6.78. The molecule has 1 aliphatic rings. The highest BCUT2D eigenvalue weighted by Gasteiger charge is 2.18. The van der Waals surface area contributed by atoms with Gasteiger partial charge in [0.1, 0.15) is 5.15 Å². The van der Waals surface area contributed by atoms with Crippen LogP contribution in [0.1, 0.15) is 18.4 Å². The Bertz CT molecular complexity index is 515. The standard InChI is InChI=1S/C18H30ClN5O/c1-20-18(21-8-5-15-3-4-17(19)22-13-15)23-14-16-6-9-24(10-7-16)11-12-25-2/h3-4,13,16H,5-12,14H2,1-2H3,(H2,20,21,23). The van der Waals surface area contributed by atoms with Crippen LogP contribution in [0.3, 0.4) is 0 Å². The van der Waals surface area contributed by atoms with E-state index in [0.29, 0.717) is 11.1 Å². The van der Waals surface area contributed by atoms with Gasteiger partial charge in [0.25, 0.3) is 0 Å². The smallest absolute Gasteiger partial charge is 0.190 e. The Morgan fingerprint density at radius 3 is 2.80 bits per heavy atom. The van der Waals surface area contributed by atoms with Crippen molar-refractivity contribution in [1.29, 1.82) is 0 Å². The maximum Gasteiger partial charge on any atom is 0.190 e. The molecule has 0 amide bonds. The number of aromatic nitrogens is 1. The normalized spacial score (nSPS) is 16.8. The second kappa shape index (κ2) is 11.3. The molecule has 0 atom stereocenters. The molecular formula is C18H30ClN5O. The van der Waals surface area contributed by atoms with Gasteiger partial charge in [-0.1, -0.05) is 17.7 Å². The molecule has 1 aromatic heterocycles. The quantitative estimate of drug-likeness (QED) is 0.417. The highest BCUT2D eigenvalue weighted by Crippen LogP contribution is 2.15. The van der Waals surface area contributed by atoms with Gasteiger partial charge < -0.3 is 20.3 Å². The molecule has 25 heavy (non-hydrogen) atoms. The Morgan fingerprint density at radius 1 is 1.36 bits per heavy atom. The van der Waals surface area contributed by atoms with E-state index in [0.717, 1.165) is 57.3 Å². The van der Waals surface area contributed by atoms with Gasteiger partial charge in [0, 0.05) is 40.0 Å². The zero-order valence-electron chi connectivity index (χ0n) is 15.3. The van der Waals surface area contributed by atoms with Gasteiger partial charge in [-0.3, -0.25) is 4.99 Å². The molecule has 0 bridgehead atoms. The molecule has 0 unspecified atom stereocenters. The molecule has 0 radical (unpaired) electrons. The Labute approximate surface area is 156 Å². The molecule has 6 nitrogen and oxygen atoms in total. The first-order valence-electron chi connectivity index (χ1n) is 8.97. The number of likely N-dealkylation sites (tertiary alicyclic amines) is 1. The van der Waals surface area contributed by atoms with E-state index in [2.05, 4.69) is 25.5 Å². The van der Waals surface area contributed by atoms with Crippen molar-refractivity contribution < 1.29 is 4.74 Å². The van der Waals surface area contributed by atoms with Crippen molar-refractivity contribution in [1.82, 2.24) is 20.5 Å². The van der Waals surface area contributed by atoms with Gasteiger partial charge in [-0.25, -0.2) is 4.98 Å². The van der Waals surface area contributed by atoms with E-state index in [-0.39, 0.29) is 0 Å². The maximum absolute atomic E-state index is 5.80. The summed E-state index contributed by atoms with van der Waals surface area (Å²) in [7, 11) is 3.57. The van der Waals surface area contributed by atoms with E-state index in [1.807, 2.05) is 25.4 Å². The summed E-state index contributed by atoms with van der Waals surface area (Å²) >= 11 is 5.80. The van der Waals surface area contributed by atoms with Crippen molar-refractivity contribution in [3.05, 3.63) is 29.0 Å². The minimum absolute atomic E-state index is 0.530. The minimum Gasteiger partial charge on any atom is -0.383 e. The largest absolute Gasteiger partial charge is 0.383 e. The Balaban J connectivity index is 1.61. The molecule has 1 fully saturated rings. The van der Waals surface area contributed by atoms with Crippen LogP contribution in [0.2, 0.25) is 5.15 Å². The van der Waals surface area contributed by atoms with Crippen molar-refractivity contribution >= 4 is 17.6 Å². The van der Waals surface area contributed by atoms with Crippen LogP contribution < -0.4 is 10.6 Å². The van der Waals surface area contributed by atoms with Crippen LogP contribution >= 0.6 is 11.6 Å². The molecule has 0 saturated carbocycles. The summed E-state index contributed by atoms with van der Waals surface area (Å²) in [5, 5.41) is 7.34. The molecule has 2 N–H and O–H groups in total. The fraction of sp³-hybridized carbons (Fsp3) is 0.667. The highest BCUT2D eigenvalue weighted by molar-refractivity contribution is 6.29. The first-order valence-corrected chi connectivity index (χ1v) is 9.35. The molecule has 0 spiro atoms. The van der Waals surface area contributed by atoms with Crippen molar-refractivity contribution in [3.8, 4) is 0 Å². The van der Waals surface area contributed by atoms with E-state index in [1.54, 1.807) is 7.11 Å². The number of nitrogens with one attached hydrogen (secondary N) is 2. The number of methoxy groups -OCH3 is 1. The summed E-state index contributed by atoms with van der Waals surface area (Å²) < 4.78 is 5.15. The number of halogens is 1. The second-order valence-electron chi connectivity index (χ2n) is 6.40. The SMILES string of the molecule is CN=C(NCCc1ccc(Cl)nc1)NCC1CCN(CCOC)CC1. The zero-order valence-corrected chi connectivity index (χ0v) is 16.1. The molecule has 7 heteroatoms. The highest BCUT2D eigenvalue weighted by atomic mass is 35.5. The van der Waals surface area contributed by atoms with E-state index < -0.39 is 0 Å². The van der Waals surface area contributed by atoms with Crippen LogP contribution in [0.15, 0.2) is 23.3 Å². The summed E-state index contributed by atoms with van der Waals surface area (Å²) in [6, 6.07) is 3.83. The molecule has 1 aromatic rings. The average Bonchev–Trinajstić information content (AvgIpc) is 2.65. The number of piperidine rings is 1. The lowest BCUT2D eigenvalue weighted by Crippen LogP contribution is -2.43. The van der Waals surface area contributed by atoms with Crippen LogP contribution in [-0.4, -0.2) is 69.3 Å². The van der Waals surface area contributed by atoms with Crippen molar-refractivity contribution in [2.45, 2.75) is 19.3 Å². The number of pyridine rings is 1. The van der Waals surface area contributed by atoms with E-state index >= 15 is 0 Å². The number of nitrogens with zero attached hydrogens (tertiary/aromatic N) is 3. The fourth-order valence-corrected chi connectivity index (χ4v) is 3.09. The van der Waals surface area contributed by atoms with Crippen LogP contribution in [0, 0.1) is 5.92 Å². The lowest BCUT2D eigenvalue weighted by molar-refractivity contribution is 0.121. The minimum atomic E-state index is 0.530. The molecule has 2 rings (SSSR count). The fourth-order valence-electron chi connectivity index (χ4n) is 2.98. The van der Waals surface area contributed by atoms with E-state index in [1.165, 1.54) is 12.8 Å². The van der Waals surface area contributed by atoms with Crippen LogP contribution in [0.4, 0.5) is 0 Å². The summed E-state index contributed by atoms with van der Waals surface area (Å²) in [5.74, 6) is 1.57. The van der Waals surface area contributed by atoms with Gasteiger partial charge in [-0.2, -0.15) is 0 Å². The third kappa shape index (κ3) is 7.59. The number of ether oxygens (including phenoxy) is 1. The monoisotopic (exact) mass is 367 g/mol. The summed E-state index contributed by atoms with van der Waals surface area (Å²) in [6.45, 7) is 5.97. The zero-order chi connectivity index (χ0) is 17.9. The molecular weight excluding hydrogens is 338 g/mol. The number of guanidine groups is 1. The van der Waals surface area contributed by atoms with Crippen LogP contribution in [0.5, 0.6) is 0 Å². The van der Waals surface area contributed by atoms with Gasteiger partial charge in [-0.15, -0.1) is 0 Å². The lowest BCUT2D eigenvalue weighted by Gasteiger charge is -2.32. The van der Waals surface area contributed by atoms with Gasteiger partial charge in [0.05, 0.1) is 6.61 Å². The van der Waals surface area contributed by atoms with Gasteiger partial charge in [0.2, 0.25) is 0 Å². The van der Waals surface area contributed by atoms with Crippen molar-refractivity contribution in [2.24, 2.45) is 10.9 Å². The van der Waals surface area contributed by atoms with E-state index in [9.17, 15) is 0 Å². The van der Waals surface area contributed by atoms with E-state index in [4.69, 9.17) is 16.3 Å². The molecule has 1 saturated heterocycles. The molecule has 1 aliphatic heterocycles.